The Labute approximate surface area is 165 Å². The molecule has 3 rings (SSSR count). The highest BCUT2D eigenvalue weighted by molar-refractivity contribution is 5.91. The molecule has 0 aliphatic carbocycles. The van der Waals surface area contributed by atoms with Crippen LogP contribution in [0.3, 0.4) is 0 Å². The summed E-state index contributed by atoms with van der Waals surface area (Å²) in [7, 11) is 1.69. The Morgan fingerprint density at radius 3 is 2.29 bits per heavy atom. The Morgan fingerprint density at radius 1 is 1.00 bits per heavy atom. The van der Waals surface area contributed by atoms with Gasteiger partial charge in [-0.2, -0.15) is 10.1 Å². The second-order valence-corrected chi connectivity index (χ2v) is 7.71. The highest BCUT2D eigenvalue weighted by Crippen LogP contribution is 2.29. The average molecular weight is 389 g/mol. The van der Waals surface area contributed by atoms with Crippen LogP contribution in [0.2, 0.25) is 0 Å². The van der Waals surface area contributed by atoms with E-state index in [9.17, 15) is 9.59 Å². The highest BCUT2D eigenvalue weighted by atomic mass is 16.2. The zero-order valence-corrected chi connectivity index (χ0v) is 17.7. The normalized spacial score (nSPS) is 16.5. The second kappa shape index (κ2) is 8.32. The largest absolute Gasteiger partial charge is 0.332 e. The first kappa shape index (κ1) is 20.4. The predicted octanol–water partition coefficient (Wildman–Crippen LogP) is 3.03. The number of fused-ring (bicyclic) bond motifs is 3. The zero-order valence-electron chi connectivity index (χ0n) is 17.7. The van der Waals surface area contributed by atoms with E-state index in [2.05, 4.69) is 18.8 Å². The van der Waals surface area contributed by atoms with Gasteiger partial charge in [0.15, 0.2) is 11.2 Å². The summed E-state index contributed by atoms with van der Waals surface area (Å²) in [5.41, 5.74) is 1.33. The van der Waals surface area contributed by atoms with Crippen LogP contribution in [0.25, 0.3) is 11.2 Å². The number of aromatic nitrogens is 4. The first-order valence-electron chi connectivity index (χ1n) is 10.5. The van der Waals surface area contributed by atoms with E-state index in [0.29, 0.717) is 23.7 Å². The molecular formula is C20H32N6O2. The molecule has 0 spiro atoms. The Bertz CT molecular complexity index is 997. The Hall–Kier alpha value is -2.38. The fourth-order valence-corrected chi connectivity index (χ4v) is 3.76. The van der Waals surface area contributed by atoms with E-state index < -0.39 is 0 Å². The third-order valence-corrected chi connectivity index (χ3v) is 5.62. The van der Waals surface area contributed by atoms with Gasteiger partial charge in [0.1, 0.15) is 0 Å². The molecule has 1 aliphatic heterocycles. The molecule has 0 aromatic carbocycles. The summed E-state index contributed by atoms with van der Waals surface area (Å²) >= 11 is 0. The summed E-state index contributed by atoms with van der Waals surface area (Å²) in [6, 6.07) is -0.0725. The molecule has 0 amide bonds. The van der Waals surface area contributed by atoms with Gasteiger partial charge < -0.3 is 0 Å². The van der Waals surface area contributed by atoms with Crippen LogP contribution >= 0.6 is 0 Å². The maximum atomic E-state index is 13.3. The van der Waals surface area contributed by atoms with Crippen LogP contribution in [-0.2, 0) is 13.6 Å². The Balaban J connectivity index is 2.17. The molecule has 0 fully saturated rings. The quantitative estimate of drug-likeness (QED) is 0.651. The summed E-state index contributed by atoms with van der Waals surface area (Å²) in [4.78, 5) is 30.8. The molecule has 154 valence electrons. The number of rotatable bonds is 8. The van der Waals surface area contributed by atoms with Crippen molar-refractivity contribution in [3.63, 3.8) is 0 Å². The molecular weight excluding hydrogens is 356 g/mol. The third kappa shape index (κ3) is 3.40. The fourth-order valence-electron chi connectivity index (χ4n) is 3.76. The molecule has 8 heteroatoms. The fraction of sp³-hybridized carbons (Fsp3) is 0.700. The van der Waals surface area contributed by atoms with Crippen LogP contribution in [0.1, 0.15) is 72.3 Å². The molecule has 8 nitrogen and oxygen atoms in total. The maximum absolute atomic E-state index is 13.3. The molecule has 1 atom stereocenters. The van der Waals surface area contributed by atoms with Crippen LogP contribution in [0.4, 0.5) is 5.95 Å². The van der Waals surface area contributed by atoms with E-state index in [1.807, 2.05) is 23.4 Å². The number of imidazole rings is 1. The van der Waals surface area contributed by atoms with Crippen molar-refractivity contribution in [1.29, 1.82) is 0 Å². The van der Waals surface area contributed by atoms with Crippen molar-refractivity contribution < 1.29 is 0 Å². The molecule has 3 heterocycles. The minimum Gasteiger partial charge on any atom is -0.294 e. The molecule has 2 aromatic rings. The number of hydrogen-bond acceptors (Lipinski definition) is 5. The highest BCUT2D eigenvalue weighted by Gasteiger charge is 2.30. The lowest BCUT2D eigenvalue weighted by molar-refractivity contribution is 0.547. The molecule has 1 aliphatic rings. The van der Waals surface area contributed by atoms with Gasteiger partial charge in [0, 0.05) is 20.1 Å². The van der Waals surface area contributed by atoms with Gasteiger partial charge in [-0.15, -0.1) is 0 Å². The van der Waals surface area contributed by atoms with Crippen molar-refractivity contribution in [2.75, 3.05) is 11.6 Å². The summed E-state index contributed by atoms with van der Waals surface area (Å²) in [6.07, 6.45) is 6.09. The standard InChI is InChI=1S/C20H32N6O2/c1-6-8-10-12-24-18(27)16-17(23(5)20(24)28)21-19-25(13-11-9-7-2)22-14(3)15(4)26(16)19/h15H,6-13H2,1-5H3. The summed E-state index contributed by atoms with van der Waals surface area (Å²) in [6.45, 7) is 9.47. The van der Waals surface area contributed by atoms with E-state index in [1.165, 1.54) is 9.13 Å². The van der Waals surface area contributed by atoms with E-state index in [-0.39, 0.29) is 17.3 Å². The van der Waals surface area contributed by atoms with E-state index in [1.54, 1.807) is 7.05 Å². The van der Waals surface area contributed by atoms with Gasteiger partial charge in [-0.3, -0.25) is 18.5 Å². The van der Waals surface area contributed by atoms with Crippen LogP contribution in [0.5, 0.6) is 0 Å². The molecule has 0 saturated heterocycles. The van der Waals surface area contributed by atoms with E-state index in [0.717, 1.165) is 50.8 Å². The SMILES string of the molecule is CCCCCN1N=C(C)C(C)n2c1nc1c2c(=O)n(CCCCC)c(=O)n1C. The summed E-state index contributed by atoms with van der Waals surface area (Å²) < 4.78 is 4.82. The topological polar surface area (TPSA) is 77.4 Å². The number of unbranched alkanes of at least 4 members (excludes halogenated alkanes) is 4. The minimum atomic E-state index is -0.299. The minimum absolute atomic E-state index is 0.0725. The third-order valence-electron chi connectivity index (χ3n) is 5.62. The van der Waals surface area contributed by atoms with Gasteiger partial charge in [0.2, 0.25) is 5.95 Å². The monoisotopic (exact) mass is 388 g/mol. The summed E-state index contributed by atoms with van der Waals surface area (Å²) in [5.74, 6) is 0.655. The van der Waals surface area contributed by atoms with Crippen LogP contribution in [0, 0.1) is 0 Å². The van der Waals surface area contributed by atoms with Gasteiger partial charge in [0.05, 0.1) is 11.8 Å². The van der Waals surface area contributed by atoms with Gasteiger partial charge >= 0.3 is 5.69 Å². The molecule has 0 N–H and O–H groups in total. The zero-order chi connectivity index (χ0) is 20.4. The van der Waals surface area contributed by atoms with Crippen molar-refractivity contribution in [3.05, 3.63) is 20.8 Å². The second-order valence-electron chi connectivity index (χ2n) is 7.71. The lowest BCUT2D eigenvalue weighted by atomic mass is 10.2. The number of anilines is 1. The smallest absolute Gasteiger partial charge is 0.294 e. The van der Waals surface area contributed by atoms with Gasteiger partial charge in [-0.1, -0.05) is 39.5 Å². The van der Waals surface area contributed by atoms with Gasteiger partial charge in [-0.25, -0.2) is 9.80 Å². The molecule has 0 saturated carbocycles. The molecule has 2 aromatic heterocycles. The molecule has 0 radical (unpaired) electrons. The molecule has 28 heavy (non-hydrogen) atoms. The lowest BCUT2D eigenvalue weighted by Crippen LogP contribution is -2.40. The number of hydrogen-bond donors (Lipinski definition) is 0. The maximum Gasteiger partial charge on any atom is 0.332 e. The van der Waals surface area contributed by atoms with E-state index >= 15 is 0 Å². The van der Waals surface area contributed by atoms with Crippen molar-refractivity contribution in [1.82, 2.24) is 18.7 Å². The first-order valence-corrected chi connectivity index (χ1v) is 10.5. The Morgan fingerprint density at radius 2 is 1.64 bits per heavy atom. The van der Waals surface area contributed by atoms with Crippen LogP contribution in [-0.4, -0.2) is 30.9 Å². The molecule has 0 bridgehead atoms. The predicted molar refractivity (Wildman–Crippen MR) is 113 cm³/mol. The first-order chi connectivity index (χ1) is 13.4. The van der Waals surface area contributed by atoms with Gasteiger partial charge in [0.25, 0.3) is 5.56 Å². The van der Waals surface area contributed by atoms with Gasteiger partial charge in [-0.05, 0) is 26.7 Å². The lowest BCUT2D eigenvalue weighted by Gasteiger charge is -2.29. The summed E-state index contributed by atoms with van der Waals surface area (Å²) in [5, 5.41) is 6.59. The average Bonchev–Trinajstić information content (AvgIpc) is 3.08. The van der Waals surface area contributed by atoms with Crippen molar-refractivity contribution >= 4 is 22.8 Å². The van der Waals surface area contributed by atoms with Crippen LogP contribution < -0.4 is 16.3 Å². The van der Waals surface area contributed by atoms with E-state index in [4.69, 9.17) is 5.10 Å². The van der Waals surface area contributed by atoms with Crippen molar-refractivity contribution in [2.45, 2.75) is 78.8 Å². The number of hydrazone groups is 1. The Kier molecular flexibility index (Phi) is 6.05. The van der Waals surface area contributed by atoms with Crippen molar-refractivity contribution in [2.24, 2.45) is 12.1 Å². The molecule has 1 unspecified atom stereocenters. The van der Waals surface area contributed by atoms with Crippen LogP contribution in [0.15, 0.2) is 14.7 Å². The number of aryl methyl sites for hydroxylation is 1. The van der Waals surface area contributed by atoms with Crippen molar-refractivity contribution in [3.8, 4) is 0 Å². The number of nitrogens with zero attached hydrogens (tertiary/aromatic N) is 6.